The number of aromatic nitrogens is 5. The summed E-state index contributed by atoms with van der Waals surface area (Å²) in [7, 11) is 0. The molecule has 3 rings (SSSR count). The van der Waals surface area contributed by atoms with Crippen molar-refractivity contribution in [2.75, 3.05) is 5.73 Å². The summed E-state index contributed by atoms with van der Waals surface area (Å²) in [6, 6.07) is 1.78. The van der Waals surface area contributed by atoms with Crippen molar-refractivity contribution >= 4 is 17.0 Å². The predicted octanol–water partition coefficient (Wildman–Crippen LogP) is 0.899. The number of fused-ring (bicyclic) bond motifs is 1. The van der Waals surface area contributed by atoms with Gasteiger partial charge in [0.1, 0.15) is 11.8 Å². The van der Waals surface area contributed by atoms with Crippen molar-refractivity contribution in [2.24, 2.45) is 0 Å². The molecule has 0 aromatic carbocycles. The molecule has 0 aliphatic carbocycles. The van der Waals surface area contributed by atoms with Crippen LogP contribution in [0, 0.1) is 6.92 Å². The number of nitrogen functional groups attached to an aromatic ring is 1. The summed E-state index contributed by atoms with van der Waals surface area (Å²) in [5, 5.41) is 3.78. The second-order valence-electron chi connectivity index (χ2n) is 3.38. The predicted molar refractivity (Wildman–Crippen MR) is 56.3 cm³/mol. The molecule has 0 aliphatic rings. The summed E-state index contributed by atoms with van der Waals surface area (Å²) in [5.74, 6) is 1.46. The van der Waals surface area contributed by atoms with Crippen LogP contribution < -0.4 is 5.73 Å². The van der Waals surface area contributed by atoms with Crippen LogP contribution in [0.4, 0.5) is 5.82 Å². The summed E-state index contributed by atoms with van der Waals surface area (Å²) >= 11 is 0. The van der Waals surface area contributed by atoms with E-state index in [0.29, 0.717) is 28.6 Å². The van der Waals surface area contributed by atoms with Gasteiger partial charge in [-0.15, -0.1) is 0 Å². The molecule has 0 amide bonds. The van der Waals surface area contributed by atoms with Crippen molar-refractivity contribution in [1.82, 2.24) is 25.1 Å². The normalized spacial score (nSPS) is 11.1. The Morgan fingerprint density at radius 3 is 2.94 bits per heavy atom. The van der Waals surface area contributed by atoms with E-state index in [4.69, 9.17) is 10.3 Å². The Morgan fingerprint density at radius 1 is 1.38 bits per heavy atom. The highest BCUT2D eigenvalue weighted by Gasteiger charge is 2.12. The Morgan fingerprint density at radius 2 is 2.25 bits per heavy atom. The third-order valence-electron chi connectivity index (χ3n) is 2.18. The largest absolute Gasteiger partial charge is 0.382 e. The molecule has 0 fully saturated rings. The number of hydrogen-bond donors (Lipinski definition) is 2. The molecule has 3 N–H and O–H groups in total. The van der Waals surface area contributed by atoms with Crippen LogP contribution in [0.2, 0.25) is 0 Å². The van der Waals surface area contributed by atoms with Crippen LogP contribution in [-0.2, 0) is 0 Å². The van der Waals surface area contributed by atoms with E-state index in [0.717, 1.165) is 5.69 Å². The van der Waals surface area contributed by atoms with Gasteiger partial charge in [0.05, 0.1) is 5.69 Å². The van der Waals surface area contributed by atoms with Crippen molar-refractivity contribution in [1.29, 1.82) is 0 Å². The monoisotopic (exact) mass is 216 g/mol. The number of nitrogens with one attached hydrogen (secondary N) is 1. The molecule has 0 aliphatic heterocycles. The van der Waals surface area contributed by atoms with Crippen LogP contribution in [0.5, 0.6) is 0 Å². The first-order chi connectivity index (χ1) is 7.74. The maximum Gasteiger partial charge on any atom is 0.202 e. The highest BCUT2D eigenvalue weighted by Crippen LogP contribution is 2.21. The summed E-state index contributed by atoms with van der Waals surface area (Å²) in [5.41, 5.74) is 7.58. The fourth-order valence-electron chi connectivity index (χ4n) is 1.44. The molecule has 0 saturated heterocycles. The number of nitrogens with two attached hydrogens (primary N) is 1. The SMILES string of the molecule is Cc1cc(-c2nc3ncnc(N)c3[nH]2)on1. The molecule has 0 saturated carbocycles. The Kier molecular flexibility index (Phi) is 1.67. The van der Waals surface area contributed by atoms with Gasteiger partial charge in [0.2, 0.25) is 5.76 Å². The molecule has 80 valence electrons. The van der Waals surface area contributed by atoms with Crippen molar-refractivity contribution < 1.29 is 4.52 Å². The smallest absolute Gasteiger partial charge is 0.202 e. The second kappa shape index (κ2) is 3.02. The van der Waals surface area contributed by atoms with E-state index >= 15 is 0 Å². The van der Waals surface area contributed by atoms with Gasteiger partial charge in [0.25, 0.3) is 0 Å². The number of hydrogen-bond acceptors (Lipinski definition) is 6. The van der Waals surface area contributed by atoms with Crippen molar-refractivity contribution in [3.8, 4) is 11.6 Å². The van der Waals surface area contributed by atoms with E-state index in [1.165, 1.54) is 6.33 Å². The van der Waals surface area contributed by atoms with E-state index in [-0.39, 0.29) is 0 Å². The van der Waals surface area contributed by atoms with Crippen molar-refractivity contribution in [3.05, 3.63) is 18.1 Å². The van der Waals surface area contributed by atoms with Crippen LogP contribution in [-0.4, -0.2) is 25.1 Å². The van der Waals surface area contributed by atoms with Gasteiger partial charge in [-0.25, -0.2) is 15.0 Å². The molecule has 0 spiro atoms. The zero-order valence-corrected chi connectivity index (χ0v) is 8.43. The van der Waals surface area contributed by atoms with Crippen LogP contribution >= 0.6 is 0 Å². The van der Waals surface area contributed by atoms with Gasteiger partial charge < -0.3 is 15.2 Å². The molecule has 3 heterocycles. The number of aryl methyl sites for hydroxylation is 1. The van der Waals surface area contributed by atoms with Crippen LogP contribution in [0.1, 0.15) is 5.69 Å². The van der Waals surface area contributed by atoms with Gasteiger partial charge in [-0.2, -0.15) is 0 Å². The summed E-state index contributed by atoms with van der Waals surface area (Å²) in [6.45, 7) is 1.84. The molecular formula is C9H8N6O. The zero-order valence-electron chi connectivity index (χ0n) is 8.43. The summed E-state index contributed by atoms with van der Waals surface area (Å²) in [6.07, 6.45) is 1.37. The van der Waals surface area contributed by atoms with Gasteiger partial charge in [-0.05, 0) is 6.92 Å². The highest BCUT2D eigenvalue weighted by atomic mass is 16.5. The fourth-order valence-corrected chi connectivity index (χ4v) is 1.44. The molecular weight excluding hydrogens is 208 g/mol. The average molecular weight is 216 g/mol. The zero-order chi connectivity index (χ0) is 11.1. The Balaban J connectivity index is 2.22. The standard InChI is InChI=1S/C9H8N6O/c1-4-2-5(16-15-4)8-13-6-7(10)11-3-12-9(6)14-8/h2-3H,1H3,(H3,10,11,12,13,14). The van der Waals surface area contributed by atoms with E-state index in [1.807, 2.05) is 6.92 Å². The third-order valence-corrected chi connectivity index (χ3v) is 2.18. The molecule has 0 bridgehead atoms. The van der Waals surface area contributed by atoms with Gasteiger partial charge in [0, 0.05) is 6.07 Å². The number of anilines is 1. The van der Waals surface area contributed by atoms with Crippen LogP contribution in [0.25, 0.3) is 22.7 Å². The first-order valence-corrected chi connectivity index (χ1v) is 4.64. The lowest BCUT2D eigenvalue weighted by atomic mass is 10.4. The van der Waals surface area contributed by atoms with Crippen LogP contribution in [0.15, 0.2) is 16.9 Å². The topological polar surface area (TPSA) is 107 Å². The minimum absolute atomic E-state index is 0.361. The third kappa shape index (κ3) is 1.22. The maximum absolute atomic E-state index is 5.68. The summed E-state index contributed by atoms with van der Waals surface area (Å²) in [4.78, 5) is 15.1. The second-order valence-corrected chi connectivity index (χ2v) is 3.38. The lowest BCUT2D eigenvalue weighted by Gasteiger charge is -1.89. The van der Waals surface area contributed by atoms with Gasteiger partial charge in [0.15, 0.2) is 17.3 Å². The average Bonchev–Trinajstić information content (AvgIpc) is 2.84. The molecule has 7 heteroatoms. The maximum atomic E-state index is 5.68. The Hall–Kier alpha value is -2.44. The Labute approximate surface area is 89.7 Å². The van der Waals surface area contributed by atoms with Crippen molar-refractivity contribution in [2.45, 2.75) is 6.92 Å². The van der Waals surface area contributed by atoms with E-state index in [2.05, 4.69) is 25.1 Å². The molecule has 0 atom stereocenters. The van der Waals surface area contributed by atoms with E-state index < -0.39 is 0 Å². The lowest BCUT2D eigenvalue weighted by Crippen LogP contribution is -1.91. The minimum Gasteiger partial charge on any atom is -0.382 e. The number of aromatic amines is 1. The molecule has 0 radical (unpaired) electrons. The van der Waals surface area contributed by atoms with Crippen LogP contribution in [0.3, 0.4) is 0 Å². The number of H-pyrrole nitrogens is 1. The highest BCUT2D eigenvalue weighted by molar-refractivity contribution is 5.83. The number of nitrogens with zero attached hydrogens (tertiary/aromatic N) is 4. The number of imidazole rings is 1. The summed E-state index contributed by atoms with van der Waals surface area (Å²) < 4.78 is 5.09. The first-order valence-electron chi connectivity index (χ1n) is 4.64. The molecule has 3 aromatic rings. The van der Waals surface area contributed by atoms with Gasteiger partial charge in [-0.3, -0.25) is 0 Å². The Bertz CT molecular complexity index is 655. The van der Waals surface area contributed by atoms with E-state index in [9.17, 15) is 0 Å². The molecule has 3 aromatic heterocycles. The van der Waals surface area contributed by atoms with Gasteiger partial charge in [-0.1, -0.05) is 5.16 Å². The molecule has 16 heavy (non-hydrogen) atoms. The lowest BCUT2D eigenvalue weighted by molar-refractivity contribution is 0.425. The molecule has 7 nitrogen and oxygen atoms in total. The number of rotatable bonds is 1. The quantitative estimate of drug-likeness (QED) is 0.625. The van der Waals surface area contributed by atoms with E-state index in [1.54, 1.807) is 6.07 Å². The first kappa shape index (κ1) is 8.84. The fraction of sp³-hybridized carbons (Fsp3) is 0.111. The molecule has 0 unspecified atom stereocenters. The van der Waals surface area contributed by atoms with Crippen molar-refractivity contribution in [3.63, 3.8) is 0 Å². The minimum atomic E-state index is 0.361. The van der Waals surface area contributed by atoms with Gasteiger partial charge >= 0.3 is 0 Å².